The number of amides is 2. The van der Waals surface area contributed by atoms with Crippen molar-refractivity contribution < 1.29 is 24.2 Å². The molecule has 5 N–H and O–H groups in total. The van der Waals surface area contributed by atoms with E-state index in [9.17, 15) is 14.7 Å². The third-order valence-corrected chi connectivity index (χ3v) is 6.50. The van der Waals surface area contributed by atoms with E-state index in [0.717, 1.165) is 16.7 Å². The molecule has 3 aromatic carbocycles. The summed E-state index contributed by atoms with van der Waals surface area (Å²) in [4.78, 5) is 25.2. The molecule has 0 saturated heterocycles. The molecule has 0 spiro atoms. The highest BCUT2D eigenvalue weighted by Gasteiger charge is 2.28. The second-order valence-electron chi connectivity index (χ2n) is 9.47. The second kappa shape index (κ2) is 14.1. The molecule has 8 nitrogen and oxygen atoms in total. The number of nitrogens with two attached hydrogens (primary N) is 1. The minimum absolute atomic E-state index is 0.00902. The number of hydrogen-bond acceptors (Lipinski definition) is 6. The van der Waals surface area contributed by atoms with Gasteiger partial charge < -0.3 is 30.9 Å². The molecular formula is C31H35N3O5. The van der Waals surface area contributed by atoms with Gasteiger partial charge in [0.05, 0.1) is 24.6 Å². The molecule has 2 atom stereocenters. The number of benzene rings is 3. The molecule has 0 saturated carbocycles. The average molecular weight is 530 g/mol. The number of carbonyl (C=O) groups excluding carboxylic acids is 2. The maximum absolute atomic E-state index is 13.0. The first-order chi connectivity index (χ1) is 19.0. The Balaban J connectivity index is 1.28. The molecule has 4 rings (SSSR count). The van der Waals surface area contributed by atoms with Crippen molar-refractivity contribution in [2.45, 2.75) is 51.1 Å². The summed E-state index contributed by atoms with van der Waals surface area (Å²) in [7, 11) is 0. The van der Waals surface area contributed by atoms with Crippen LogP contribution in [0.5, 0.6) is 0 Å². The third-order valence-electron chi connectivity index (χ3n) is 6.50. The van der Waals surface area contributed by atoms with E-state index in [4.69, 9.17) is 15.2 Å². The van der Waals surface area contributed by atoms with Crippen molar-refractivity contribution in [2.24, 2.45) is 0 Å². The number of hydrogen-bond donors (Lipinski definition) is 4. The first kappa shape index (κ1) is 27.9. The van der Waals surface area contributed by atoms with Gasteiger partial charge in [0.15, 0.2) is 5.76 Å². The lowest BCUT2D eigenvalue weighted by Gasteiger charge is -2.29. The van der Waals surface area contributed by atoms with E-state index in [-0.39, 0.29) is 30.1 Å². The number of ether oxygens (including phenoxy) is 2. The topological polar surface area (TPSA) is 123 Å². The second-order valence-corrected chi connectivity index (χ2v) is 9.47. The molecule has 3 aromatic rings. The van der Waals surface area contributed by atoms with Crippen LogP contribution in [0, 0.1) is 0 Å². The summed E-state index contributed by atoms with van der Waals surface area (Å²) in [6.07, 6.45) is 3.42. The van der Waals surface area contributed by atoms with Crippen LogP contribution in [-0.2, 0) is 32.3 Å². The van der Waals surface area contributed by atoms with Gasteiger partial charge in [0, 0.05) is 25.3 Å². The third kappa shape index (κ3) is 8.43. The summed E-state index contributed by atoms with van der Waals surface area (Å²) in [5.74, 6) is -0.225. The van der Waals surface area contributed by atoms with Crippen molar-refractivity contribution in [1.82, 2.24) is 5.32 Å². The SMILES string of the molecule is Nc1ccccc1NC(=O)CCCCNC(=O)C1=C[C@@H](c2ccccc2)C[C@@H](OCc2ccc(CO)cc2)O1. The minimum atomic E-state index is -0.590. The summed E-state index contributed by atoms with van der Waals surface area (Å²) in [6.45, 7) is 0.730. The molecule has 0 unspecified atom stereocenters. The molecule has 1 aliphatic rings. The van der Waals surface area contributed by atoms with Crippen LogP contribution in [0.4, 0.5) is 11.4 Å². The predicted molar refractivity (Wildman–Crippen MR) is 150 cm³/mol. The molecule has 2 amide bonds. The molecule has 0 fully saturated rings. The maximum Gasteiger partial charge on any atom is 0.286 e. The minimum Gasteiger partial charge on any atom is -0.459 e. The first-order valence-corrected chi connectivity index (χ1v) is 13.2. The van der Waals surface area contributed by atoms with Crippen LogP contribution in [-0.4, -0.2) is 29.8 Å². The van der Waals surface area contributed by atoms with Crippen molar-refractivity contribution in [2.75, 3.05) is 17.6 Å². The van der Waals surface area contributed by atoms with Crippen LogP contribution in [0.1, 0.15) is 48.3 Å². The normalized spacial score (nSPS) is 16.6. The van der Waals surface area contributed by atoms with Crippen LogP contribution in [0.25, 0.3) is 0 Å². The number of anilines is 2. The van der Waals surface area contributed by atoms with E-state index in [1.54, 1.807) is 12.1 Å². The average Bonchev–Trinajstić information content (AvgIpc) is 2.97. The maximum atomic E-state index is 13.0. The molecule has 0 radical (unpaired) electrons. The van der Waals surface area contributed by atoms with E-state index < -0.39 is 6.29 Å². The summed E-state index contributed by atoms with van der Waals surface area (Å²) in [5, 5.41) is 15.0. The van der Waals surface area contributed by atoms with Crippen LogP contribution in [0.3, 0.4) is 0 Å². The fraction of sp³-hybridized carbons (Fsp3) is 0.290. The van der Waals surface area contributed by atoms with E-state index in [1.165, 1.54) is 0 Å². The van der Waals surface area contributed by atoms with E-state index in [0.29, 0.717) is 50.2 Å². The molecule has 0 bridgehead atoms. The van der Waals surface area contributed by atoms with Crippen LogP contribution in [0.2, 0.25) is 0 Å². The smallest absolute Gasteiger partial charge is 0.286 e. The van der Waals surface area contributed by atoms with Gasteiger partial charge in [0.25, 0.3) is 5.91 Å². The van der Waals surface area contributed by atoms with Gasteiger partial charge in [-0.05, 0) is 47.7 Å². The van der Waals surface area contributed by atoms with Gasteiger partial charge in [-0.3, -0.25) is 9.59 Å². The Morgan fingerprint density at radius 1 is 0.949 bits per heavy atom. The highest BCUT2D eigenvalue weighted by molar-refractivity contribution is 5.93. The molecule has 1 heterocycles. The number of para-hydroxylation sites is 2. The van der Waals surface area contributed by atoms with Gasteiger partial charge in [0.2, 0.25) is 12.2 Å². The van der Waals surface area contributed by atoms with Crippen molar-refractivity contribution >= 4 is 23.2 Å². The van der Waals surface area contributed by atoms with Gasteiger partial charge in [0.1, 0.15) is 0 Å². The number of aliphatic hydroxyl groups excluding tert-OH is 1. The summed E-state index contributed by atoms with van der Waals surface area (Å²) >= 11 is 0. The monoisotopic (exact) mass is 529 g/mol. The Labute approximate surface area is 228 Å². The zero-order chi connectivity index (χ0) is 27.5. The summed E-state index contributed by atoms with van der Waals surface area (Å²) in [5.41, 5.74) is 9.86. The summed E-state index contributed by atoms with van der Waals surface area (Å²) < 4.78 is 12.0. The number of aliphatic hydroxyl groups is 1. The molecule has 0 aromatic heterocycles. The van der Waals surface area contributed by atoms with Crippen molar-refractivity contribution in [3.05, 3.63) is 107 Å². The lowest BCUT2D eigenvalue weighted by atomic mass is 9.93. The Hall–Kier alpha value is -4.14. The van der Waals surface area contributed by atoms with Crippen LogP contribution >= 0.6 is 0 Å². The zero-order valence-electron chi connectivity index (χ0n) is 21.8. The Morgan fingerprint density at radius 2 is 1.67 bits per heavy atom. The highest BCUT2D eigenvalue weighted by Crippen LogP contribution is 2.31. The number of rotatable bonds is 12. The van der Waals surface area contributed by atoms with Crippen molar-refractivity contribution in [3.63, 3.8) is 0 Å². The van der Waals surface area contributed by atoms with Gasteiger partial charge in [-0.25, -0.2) is 0 Å². The molecule has 204 valence electrons. The molecule has 39 heavy (non-hydrogen) atoms. The standard InChI is InChI=1S/C31H35N3O5/c32-26-10-4-5-11-27(26)34-29(36)12-6-7-17-33-31(37)28-18-25(24-8-2-1-3-9-24)19-30(39-28)38-21-23-15-13-22(20-35)14-16-23/h1-5,8-11,13-16,18,25,30,35H,6-7,12,17,19-21,32H2,(H,33,37)(H,34,36)/t25-,30+/m1/s1. The highest BCUT2D eigenvalue weighted by atomic mass is 16.7. The van der Waals surface area contributed by atoms with Crippen LogP contribution in [0.15, 0.2) is 90.7 Å². The predicted octanol–water partition coefficient (Wildman–Crippen LogP) is 4.62. The van der Waals surface area contributed by atoms with E-state index in [1.807, 2.05) is 72.8 Å². The largest absolute Gasteiger partial charge is 0.459 e. The van der Waals surface area contributed by atoms with E-state index >= 15 is 0 Å². The molecule has 8 heteroatoms. The zero-order valence-corrected chi connectivity index (χ0v) is 21.8. The van der Waals surface area contributed by atoms with Gasteiger partial charge in [-0.15, -0.1) is 0 Å². The van der Waals surface area contributed by atoms with Crippen molar-refractivity contribution in [1.29, 1.82) is 0 Å². The number of unbranched alkanes of at least 4 members (excludes halogenated alkanes) is 1. The number of nitrogens with one attached hydrogen (secondary N) is 2. The molecule has 0 aliphatic carbocycles. The first-order valence-electron chi connectivity index (χ1n) is 13.2. The molecular weight excluding hydrogens is 494 g/mol. The lowest BCUT2D eigenvalue weighted by Crippen LogP contribution is -2.33. The number of nitrogen functional groups attached to an aromatic ring is 1. The van der Waals surface area contributed by atoms with Gasteiger partial charge >= 0.3 is 0 Å². The fourth-order valence-corrected chi connectivity index (χ4v) is 4.30. The lowest BCUT2D eigenvalue weighted by molar-refractivity contribution is -0.150. The summed E-state index contributed by atoms with van der Waals surface area (Å²) in [6, 6.07) is 24.6. The number of carbonyl (C=O) groups is 2. The van der Waals surface area contributed by atoms with Gasteiger partial charge in [-0.2, -0.15) is 0 Å². The van der Waals surface area contributed by atoms with Crippen LogP contribution < -0.4 is 16.4 Å². The Kier molecular flexibility index (Phi) is 10.1. The van der Waals surface area contributed by atoms with Gasteiger partial charge in [-0.1, -0.05) is 66.7 Å². The Bertz CT molecular complexity index is 1260. The quantitative estimate of drug-likeness (QED) is 0.201. The Morgan fingerprint density at radius 3 is 2.41 bits per heavy atom. The van der Waals surface area contributed by atoms with Crippen molar-refractivity contribution in [3.8, 4) is 0 Å². The molecule has 1 aliphatic heterocycles. The number of allylic oxidation sites excluding steroid dienone is 1. The fourth-order valence-electron chi connectivity index (χ4n) is 4.30. The van der Waals surface area contributed by atoms with E-state index in [2.05, 4.69) is 10.6 Å².